The molecule has 0 fully saturated rings. The van der Waals surface area contributed by atoms with Gasteiger partial charge in [0.25, 0.3) is 0 Å². The zero-order valence-corrected chi connectivity index (χ0v) is 8.95. The fraction of sp³-hybridized carbons (Fsp3) is 0.231. The predicted octanol–water partition coefficient (Wildman–Crippen LogP) is 2.65. The third kappa shape index (κ3) is 2.14. The highest BCUT2D eigenvalue weighted by Gasteiger charge is 2.02. The normalized spacial score (nSPS) is 10.6. The van der Waals surface area contributed by atoms with Crippen LogP contribution in [0.1, 0.15) is 5.56 Å². The summed E-state index contributed by atoms with van der Waals surface area (Å²) in [5.74, 6) is 0.555. The monoisotopic (exact) mass is 219 g/mol. The van der Waals surface area contributed by atoms with Crippen molar-refractivity contribution in [2.75, 3.05) is 13.4 Å². The number of alkyl halides is 1. The average Bonchev–Trinajstić information content (AvgIpc) is 2.31. The minimum absolute atomic E-state index is 0.555. The second-order valence-corrected chi connectivity index (χ2v) is 3.59. The largest absolute Gasteiger partial charge is 0.463 e. The van der Waals surface area contributed by atoms with Crippen LogP contribution < -0.4 is 10.5 Å². The topological polar surface area (TPSA) is 35.2 Å². The van der Waals surface area contributed by atoms with Crippen molar-refractivity contribution in [3.63, 3.8) is 0 Å². The third-order valence-electron chi connectivity index (χ3n) is 2.58. The van der Waals surface area contributed by atoms with Gasteiger partial charge < -0.3 is 10.5 Å². The minimum atomic E-state index is -0.801. The van der Waals surface area contributed by atoms with Gasteiger partial charge in [-0.15, -0.1) is 0 Å². The molecule has 2 nitrogen and oxygen atoms in total. The Kier molecular flexibility index (Phi) is 3.37. The SMILES string of the molecule is NCCc1cccc2ccc(OCF)cc12. The molecule has 0 amide bonds. The van der Waals surface area contributed by atoms with Crippen molar-refractivity contribution < 1.29 is 9.13 Å². The Morgan fingerprint density at radius 2 is 2.06 bits per heavy atom. The van der Waals surface area contributed by atoms with Crippen LogP contribution in [0.25, 0.3) is 10.8 Å². The molecule has 84 valence electrons. The van der Waals surface area contributed by atoms with Crippen LogP contribution in [0.15, 0.2) is 36.4 Å². The first-order valence-electron chi connectivity index (χ1n) is 5.25. The standard InChI is InChI=1S/C13H14FNO/c14-9-16-12-5-4-10-2-1-3-11(6-7-15)13(10)8-12/h1-5,8H,6-7,9,15H2. The molecule has 0 atom stereocenters. The molecule has 0 saturated carbocycles. The van der Waals surface area contributed by atoms with Gasteiger partial charge in [0, 0.05) is 0 Å². The van der Waals surface area contributed by atoms with E-state index in [0.717, 1.165) is 17.2 Å². The fourth-order valence-electron chi connectivity index (χ4n) is 1.84. The van der Waals surface area contributed by atoms with E-state index in [4.69, 9.17) is 10.5 Å². The van der Waals surface area contributed by atoms with E-state index >= 15 is 0 Å². The van der Waals surface area contributed by atoms with E-state index in [-0.39, 0.29) is 0 Å². The van der Waals surface area contributed by atoms with Crippen LogP contribution >= 0.6 is 0 Å². The molecule has 2 rings (SSSR count). The minimum Gasteiger partial charge on any atom is -0.463 e. The molecule has 0 heterocycles. The van der Waals surface area contributed by atoms with Crippen LogP contribution in [-0.4, -0.2) is 13.4 Å². The first-order chi connectivity index (χ1) is 7.85. The molecular formula is C13H14FNO. The van der Waals surface area contributed by atoms with Crippen LogP contribution in [-0.2, 0) is 6.42 Å². The van der Waals surface area contributed by atoms with Crippen molar-refractivity contribution in [2.45, 2.75) is 6.42 Å². The molecule has 0 aromatic heterocycles. The highest BCUT2D eigenvalue weighted by atomic mass is 19.1. The molecule has 0 spiro atoms. The number of hydrogen-bond acceptors (Lipinski definition) is 2. The third-order valence-corrected chi connectivity index (χ3v) is 2.58. The number of rotatable bonds is 4. The van der Waals surface area contributed by atoms with Gasteiger partial charge in [-0.25, -0.2) is 4.39 Å². The molecule has 2 aromatic carbocycles. The number of hydrogen-bond donors (Lipinski definition) is 1. The lowest BCUT2D eigenvalue weighted by atomic mass is 10.0. The summed E-state index contributed by atoms with van der Waals surface area (Å²) in [6, 6.07) is 11.6. The number of halogens is 1. The van der Waals surface area contributed by atoms with E-state index < -0.39 is 6.86 Å². The second kappa shape index (κ2) is 4.94. The highest BCUT2D eigenvalue weighted by molar-refractivity contribution is 5.87. The molecule has 2 N–H and O–H groups in total. The van der Waals surface area contributed by atoms with E-state index in [0.29, 0.717) is 12.3 Å². The lowest BCUT2D eigenvalue weighted by Crippen LogP contribution is -2.03. The molecular weight excluding hydrogens is 205 g/mol. The summed E-state index contributed by atoms with van der Waals surface area (Å²) in [6.45, 7) is -0.197. The zero-order valence-electron chi connectivity index (χ0n) is 8.95. The number of fused-ring (bicyclic) bond motifs is 1. The molecule has 0 aliphatic rings. The Bertz CT molecular complexity index is 484. The quantitative estimate of drug-likeness (QED) is 0.858. The highest BCUT2D eigenvalue weighted by Crippen LogP contribution is 2.24. The smallest absolute Gasteiger partial charge is 0.228 e. The van der Waals surface area contributed by atoms with Crippen LogP contribution in [0.5, 0.6) is 5.75 Å². The molecule has 0 radical (unpaired) electrons. The molecule has 0 bridgehead atoms. The summed E-state index contributed by atoms with van der Waals surface area (Å²) < 4.78 is 16.9. The van der Waals surface area contributed by atoms with Gasteiger partial charge >= 0.3 is 0 Å². The van der Waals surface area contributed by atoms with Crippen molar-refractivity contribution >= 4 is 10.8 Å². The number of nitrogens with two attached hydrogens (primary N) is 1. The Labute approximate surface area is 93.8 Å². The Hall–Kier alpha value is -1.61. The Balaban J connectivity index is 2.50. The maximum absolute atomic E-state index is 12.1. The molecule has 3 heteroatoms. The summed E-state index contributed by atoms with van der Waals surface area (Å²) in [5, 5.41) is 2.20. The Morgan fingerprint density at radius 3 is 2.81 bits per heavy atom. The zero-order chi connectivity index (χ0) is 11.4. The molecule has 2 aromatic rings. The van der Waals surface area contributed by atoms with E-state index in [1.54, 1.807) is 6.07 Å². The molecule has 0 saturated heterocycles. The van der Waals surface area contributed by atoms with Crippen molar-refractivity contribution in [2.24, 2.45) is 5.73 Å². The summed E-state index contributed by atoms with van der Waals surface area (Å²) in [7, 11) is 0. The number of benzene rings is 2. The maximum Gasteiger partial charge on any atom is 0.228 e. The van der Waals surface area contributed by atoms with Crippen LogP contribution in [0.2, 0.25) is 0 Å². The lowest BCUT2D eigenvalue weighted by Gasteiger charge is -2.07. The van der Waals surface area contributed by atoms with Crippen molar-refractivity contribution in [3.05, 3.63) is 42.0 Å². The van der Waals surface area contributed by atoms with E-state index in [1.807, 2.05) is 30.3 Å². The summed E-state index contributed by atoms with van der Waals surface area (Å²) in [6.07, 6.45) is 0.816. The summed E-state index contributed by atoms with van der Waals surface area (Å²) >= 11 is 0. The lowest BCUT2D eigenvalue weighted by molar-refractivity contribution is 0.192. The van der Waals surface area contributed by atoms with Gasteiger partial charge in [0.05, 0.1) is 0 Å². The van der Waals surface area contributed by atoms with Gasteiger partial charge in [-0.05, 0) is 41.4 Å². The average molecular weight is 219 g/mol. The Morgan fingerprint density at radius 1 is 1.19 bits per heavy atom. The fourth-order valence-corrected chi connectivity index (χ4v) is 1.84. The van der Waals surface area contributed by atoms with Gasteiger partial charge in [0.2, 0.25) is 6.86 Å². The van der Waals surface area contributed by atoms with Gasteiger partial charge in [-0.2, -0.15) is 0 Å². The van der Waals surface area contributed by atoms with Crippen molar-refractivity contribution in [1.82, 2.24) is 0 Å². The van der Waals surface area contributed by atoms with Gasteiger partial charge in [-0.3, -0.25) is 0 Å². The first-order valence-corrected chi connectivity index (χ1v) is 5.25. The molecule has 16 heavy (non-hydrogen) atoms. The predicted molar refractivity (Wildman–Crippen MR) is 63.3 cm³/mol. The molecule has 0 aliphatic heterocycles. The second-order valence-electron chi connectivity index (χ2n) is 3.59. The van der Waals surface area contributed by atoms with E-state index in [9.17, 15) is 4.39 Å². The maximum atomic E-state index is 12.1. The van der Waals surface area contributed by atoms with Gasteiger partial charge in [0.15, 0.2) is 0 Å². The van der Waals surface area contributed by atoms with E-state index in [1.165, 1.54) is 5.56 Å². The van der Waals surface area contributed by atoms with Crippen LogP contribution in [0.3, 0.4) is 0 Å². The van der Waals surface area contributed by atoms with Crippen LogP contribution in [0, 0.1) is 0 Å². The molecule has 0 aliphatic carbocycles. The van der Waals surface area contributed by atoms with E-state index in [2.05, 4.69) is 0 Å². The summed E-state index contributed by atoms with van der Waals surface area (Å²) in [4.78, 5) is 0. The van der Waals surface area contributed by atoms with Crippen molar-refractivity contribution in [3.8, 4) is 5.75 Å². The summed E-state index contributed by atoms with van der Waals surface area (Å²) in [5.41, 5.74) is 6.73. The van der Waals surface area contributed by atoms with Crippen molar-refractivity contribution in [1.29, 1.82) is 0 Å². The first kappa shape index (κ1) is 10.9. The van der Waals surface area contributed by atoms with Gasteiger partial charge in [0.1, 0.15) is 5.75 Å². The van der Waals surface area contributed by atoms with Gasteiger partial charge in [-0.1, -0.05) is 24.3 Å². The number of ether oxygens (including phenoxy) is 1. The van der Waals surface area contributed by atoms with Crippen LogP contribution in [0.4, 0.5) is 4.39 Å². The molecule has 0 unspecified atom stereocenters.